The van der Waals surface area contributed by atoms with Gasteiger partial charge in [-0.15, -0.1) is 0 Å². The van der Waals surface area contributed by atoms with E-state index < -0.39 is 30.4 Å². The number of cyclic esters (lactones) is 1. The molecule has 0 spiro atoms. The summed E-state index contributed by atoms with van der Waals surface area (Å²) in [5.41, 5.74) is 0. The lowest BCUT2D eigenvalue weighted by atomic mass is 10.0. The zero-order chi connectivity index (χ0) is 8.01. The Morgan fingerprint density at radius 2 is 2.18 bits per heavy atom. The van der Waals surface area contributed by atoms with Gasteiger partial charge in [-0.3, -0.25) is 4.79 Å². The summed E-state index contributed by atoms with van der Waals surface area (Å²) in [5.74, 6) is -1.18. The van der Waals surface area contributed by atoms with Crippen molar-refractivity contribution in [2.75, 3.05) is 6.61 Å². The molecule has 2 heterocycles. The topological polar surface area (TPSA) is 76.0 Å². The Hall–Kier alpha value is -0.650. The molecule has 2 N–H and O–H groups in total. The Labute approximate surface area is 62.5 Å². The molecule has 0 aliphatic carbocycles. The lowest BCUT2D eigenvalue weighted by Crippen LogP contribution is -2.30. The Morgan fingerprint density at radius 1 is 1.45 bits per heavy atom. The van der Waals surface area contributed by atoms with Crippen LogP contribution in [0.1, 0.15) is 0 Å². The number of rotatable bonds is 0. The van der Waals surface area contributed by atoms with E-state index in [4.69, 9.17) is 14.9 Å². The summed E-state index contributed by atoms with van der Waals surface area (Å²) in [6, 6.07) is 0. The number of carbonyl (C=O) groups excluding carboxylic acids is 1. The van der Waals surface area contributed by atoms with Crippen LogP contribution in [0.4, 0.5) is 0 Å². The largest absolute Gasteiger partial charge is 0.463 e. The van der Waals surface area contributed by atoms with E-state index in [1.165, 1.54) is 0 Å². The summed E-state index contributed by atoms with van der Waals surface area (Å²) in [5, 5.41) is 18.1. The number of carbonyl (C=O) groups is 1. The molecule has 2 rings (SSSR count). The Kier molecular flexibility index (Phi) is 1.38. The maximum atomic E-state index is 10.8. The van der Waals surface area contributed by atoms with Crippen molar-refractivity contribution in [1.29, 1.82) is 0 Å². The third-order valence-corrected chi connectivity index (χ3v) is 2.04. The van der Waals surface area contributed by atoms with Crippen LogP contribution in [0.15, 0.2) is 0 Å². The number of aliphatic hydroxyl groups is 2. The molecule has 5 heteroatoms. The van der Waals surface area contributed by atoms with Crippen molar-refractivity contribution in [1.82, 2.24) is 0 Å². The zero-order valence-corrected chi connectivity index (χ0v) is 5.64. The first-order valence-electron chi connectivity index (χ1n) is 3.38. The highest BCUT2D eigenvalue weighted by Gasteiger charge is 2.52. The molecular weight excluding hydrogens is 152 g/mol. The SMILES string of the molecule is O=C1OCC2OC(O)C(O)C12. The van der Waals surface area contributed by atoms with Crippen LogP contribution in [-0.2, 0) is 14.3 Å². The van der Waals surface area contributed by atoms with Crippen LogP contribution in [0.25, 0.3) is 0 Å². The quantitative estimate of drug-likeness (QED) is 0.410. The van der Waals surface area contributed by atoms with Crippen LogP contribution in [-0.4, -0.2) is 41.3 Å². The van der Waals surface area contributed by atoms with Crippen LogP contribution in [0.5, 0.6) is 0 Å². The standard InChI is InChI=1S/C6H8O5/c7-4-3-2(11-6(4)9)1-10-5(3)8/h2-4,6-7,9H,1H2. The van der Waals surface area contributed by atoms with Gasteiger partial charge in [-0.05, 0) is 0 Å². The predicted molar refractivity (Wildman–Crippen MR) is 31.3 cm³/mol. The molecule has 11 heavy (non-hydrogen) atoms. The smallest absolute Gasteiger partial charge is 0.314 e. The second kappa shape index (κ2) is 2.17. The molecule has 62 valence electrons. The molecule has 4 unspecified atom stereocenters. The van der Waals surface area contributed by atoms with Gasteiger partial charge in [-0.25, -0.2) is 0 Å². The van der Waals surface area contributed by atoms with Crippen molar-refractivity contribution in [2.45, 2.75) is 18.5 Å². The highest BCUT2D eigenvalue weighted by molar-refractivity contribution is 5.76. The molecule has 0 radical (unpaired) electrons. The molecule has 2 saturated heterocycles. The van der Waals surface area contributed by atoms with Gasteiger partial charge in [0.2, 0.25) is 0 Å². The van der Waals surface area contributed by atoms with Crippen LogP contribution in [0.3, 0.4) is 0 Å². The average molecular weight is 160 g/mol. The molecule has 2 fully saturated rings. The van der Waals surface area contributed by atoms with E-state index in [1.54, 1.807) is 0 Å². The van der Waals surface area contributed by atoms with Gasteiger partial charge in [-0.1, -0.05) is 0 Å². The fourth-order valence-electron chi connectivity index (χ4n) is 1.44. The summed E-state index contributed by atoms with van der Waals surface area (Å²) in [6.45, 7) is 0.137. The minimum atomic E-state index is -1.24. The van der Waals surface area contributed by atoms with Crippen molar-refractivity contribution in [3.63, 3.8) is 0 Å². The summed E-state index contributed by atoms with van der Waals surface area (Å²) < 4.78 is 9.43. The monoisotopic (exact) mass is 160 g/mol. The summed E-state index contributed by atoms with van der Waals surface area (Å²) >= 11 is 0. The normalized spacial score (nSPS) is 49.1. The van der Waals surface area contributed by atoms with Crippen molar-refractivity contribution < 1.29 is 24.5 Å². The van der Waals surface area contributed by atoms with E-state index in [2.05, 4.69) is 4.74 Å². The van der Waals surface area contributed by atoms with Crippen molar-refractivity contribution in [2.24, 2.45) is 5.92 Å². The molecule has 2 aliphatic rings. The van der Waals surface area contributed by atoms with Crippen molar-refractivity contribution in [3.05, 3.63) is 0 Å². The molecule has 0 saturated carbocycles. The summed E-state index contributed by atoms with van der Waals surface area (Å²) in [7, 11) is 0. The predicted octanol–water partition coefficient (Wildman–Crippen LogP) is -1.76. The third kappa shape index (κ3) is 0.852. The highest BCUT2D eigenvalue weighted by Crippen LogP contribution is 2.31. The van der Waals surface area contributed by atoms with Gasteiger partial charge in [0, 0.05) is 0 Å². The Morgan fingerprint density at radius 3 is 2.82 bits per heavy atom. The molecular formula is C6H8O5. The van der Waals surface area contributed by atoms with E-state index in [1.807, 2.05) is 0 Å². The number of esters is 1. The number of ether oxygens (including phenoxy) is 2. The van der Waals surface area contributed by atoms with Crippen molar-refractivity contribution in [3.8, 4) is 0 Å². The second-order valence-corrected chi connectivity index (χ2v) is 2.71. The van der Waals surface area contributed by atoms with E-state index in [9.17, 15) is 4.79 Å². The van der Waals surface area contributed by atoms with E-state index in [0.29, 0.717) is 0 Å². The van der Waals surface area contributed by atoms with Crippen LogP contribution in [0, 0.1) is 5.92 Å². The van der Waals surface area contributed by atoms with Crippen LogP contribution >= 0.6 is 0 Å². The first-order valence-corrected chi connectivity index (χ1v) is 3.38. The molecule has 0 bridgehead atoms. The molecule has 0 amide bonds. The van der Waals surface area contributed by atoms with Gasteiger partial charge >= 0.3 is 5.97 Å². The van der Waals surface area contributed by atoms with Crippen molar-refractivity contribution >= 4 is 5.97 Å². The summed E-state index contributed by atoms with van der Waals surface area (Å²) in [6.07, 6.45) is -2.83. The fraction of sp³-hybridized carbons (Fsp3) is 0.833. The fourth-order valence-corrected chi connectivity index (χ4v) is 1.44. The number of hydrogen-bond donors (Lipinski definition) is 2. The first-order chi connectivity index (χ1) is 5.20. The first kappa shape index (κ1) is 7.02. The minimum absolute atomic E-state index is 0.137. The molecule has 2 aliphatic heterocycles. The van der Waals surface area contributed by atoms with E-state index in [-0.39, 0.29) is 6.61 Å². The van der Waals surface area contributed by atoms with E-state index >= 15 is 0 Å². The number of hydrogen-bond acceptors (Lipinski definition) is 5. The van der Waals surface area contributed by atoms with E-state index in [0.717, 1.165) is 0 Å². The zero-order valence-electron chi connectivity index (χ0n) is 5.64. The lowest BCUT2D eigenvalue weighted by molar-refractivity contribution is -0.156. The summed E-state index contributed by atoms with van der Waals surface area (Å²) in [4.78, 5) is 10.8. The molecule has 4 atom stereocenters. The van der Waals surface area contributed by atoms with Gasteiger partial charge in [0.25, 0.3) is 0 Å². The Balaban J connectivity index is 2.20. The maximum Gasteiger partial charge on any atom is 0.314 e. The van der Waals surface area contributed by atoms with Gasteiger partial charge in [0.15, 0.2) is 6.29 Å². The molecule has 5 nitrogen and oxygen atoms in total. The lowest BCUT2D eigenvalue weighted by Gasteiger charge is -2.08. The van der Waals surface area contributed by atoms with Gasteiger partial charge < -0.3 is 19.7 Å². The Bertz CT molecular complexity index is 189. The van der Waals surface area contributed by atoms with Gasteiger partial charge in [0.05, 0.1) is 0 Å². The van der Waals surface area contributed by atoms with Gasteiger partial charge in [0.1, 0.15) is 24.7 Å². The number of aliphatic hydroxyl groups excluding tert-OH is 2. The minimum Gasteiger partial charge on any atom is -0.463 e. The van der Waals surface area contributed by atoms with Crippen LogP contribution < -0.4 is 0 Å². The van der Waals surface area contributed by atoms with Crippen LogP contribution in [0.2, 0.25) is 0 Å². The maximum absolute atomic E-state index is 10.8. The molecule has 0 aromatic carbocycles. The third-order valence-electron chi connectivity index (χ3n) is 2.04. The second-order valence-electron chi connectivity index (χ2n) is 2.71. The molecule has 0 aromatic heterocycles. The number of fused-ring (bicyclic) bond motifs is 1. The average Bonchev–Trinajstić information content (AvgIpc) is 2.41. The van der Waals surface area contributed by atoms with Gasteiger partial charge in [-0.2, -0.15) is 0 Å². The molecule has 0 aromatic rings. The highest BCUT2D eigenvalue weighted by atomic mass is 16.7.